The van der Waals surface area contributed by atoms with E-state index in [4.69, 9.17) is 34.8 Å². The minimum atomic E-state index is -0.307. The summed E-state index contributed by atoms with van der Waals surface area (Å²) in [4.78, 5) is 18.1. The minimum Gasteiger partial charge on any atom is -0.329 e. The lowest BCUT2D eigenvalue weighted by Gasteiger charge is -2.24. The fourth-order valence-corrected chi connectivity index (χ4v) is 6.98. The molecule has 4 aliphatic rings. The topological polar surface area (TPSA) is 38.8 Å². The number of carbonyl (C=O) groups is 1. The molecule has 0 bridgehead atoms. The summed E-state index contributed by atoms with van der Waals surface area (Å²) in [5, 5.41) is 4.80. The van der Waals surface area contributed by atoms with E-state index < -0.39 is 0 Å². The first kappa shape index (κ1) is 27.2. The Hall–Kier alpha value is -1.34. The molecular weight excluding hydrogens is 527 g/mol. The van der Waals surface area contributed by atoms with Gasteiger partial charge >= 0.3 is 5.37 Å². The molecule has 4 fully saturated rings. The van der Waals surface area contributed by atoms with Gasteiger partial charge in [-0.1, -0.05) is 47.5 Å². The van der Waals surface area contributed by atoms with Crippen LogP contribution in [0.1, 0.15) is 36.8 Å². The molecule has 2 atom stereocenters. The predicted octanol–water partition coefficient (Wildman–Crippen LogP) is 6.12. The molecule has 8 heteroatoms. The number of likely N-dealkylation sites (tertiary alicyclic amines) is 3. The van der Waals surface area contributed by atoms with Gasteiger partial charge in [-0.3, -0.25) is 14.6 Å². The van der Waals surface area contributed by atoms with Gasteiger partial charge in [0.2, 0.25) is 0 Å². The van der Waals surface area contributed by atoms with Gasteiger partial charge in [0.15, 0.2) is 0 Å². The fraction of sp³-hybridized carbons (Fsp3) is 0.552. The molecule has 37 heavy (non-hydrogen) atoms. The monoisotopic (exact) mass is 562 g/mol. The van der Waals surface area contributed by atoms with Crippen molar-refractivity contribution in [2.24, 2.45) is 10.8 Å². The summed E-state index contributed by atoms with van der Waals surface area (Å²) in [6, 6.07) is 16.3. The minimum absolute atomic E-state index is 0.261. The van der Waals surface area contributed by atoms with E-state index in [2.05, 4.69) is 39.4 Å². The molecule has 200 valence electrons. The van der Waals surface area contributed by atoms with Crippen LogP contribution in [0.5, 0.6) is 0 Å². The molecular formula is C29H37Cl3N4O. The van der Waals surface area contributed by atoms with Crippen molar-refractivity contribution in [3.63, 3.8) is 0 Å². The Morgan fingerprint density at radius 1 is 0.730 bits per heavy atom. The number of halogens is 3. The van der Waals surface area contributed by atoms with Gasteiger partial charge in [-0.05, 0) is 97.7 Å². The highest BCUT2D eigenvalue weighted by molar-refractivity contribution is 6.62. The second-order valence-electron chi connectivity index (χ2n) is 11.5. The molecule has 2 aromatic carbocycles. The third-order valence-corrected chi connectivity index (χ3v) is 9.44. The molecule has 0 radical (unpaired) electrons. The summed E-state index contributed by atoms with van der Waals surface area (Å²) in [6.45, 7) is 10.7. The summed E-state index contributed by atoms with van der Waals surface area (Å²) in [6.07, 6.45) is 4.93. The van der Waals surface area contributed by atoms with Crippen LogP contribution in [0.15, 0.2) is 48.5 Å². The second kappa shape index (κ2) is 11.8. The number of nitrogens with zero attached hydrogens (tertiary/aromatic N) is 3. The van der Waals surface area contributed by atoms with Gasteiger partial charge in [-0.15, -0.1) is 0 Å². The van der Waals surface area contributed by atoms with Gasteiger partial charge in [-0.25, -0.2) is 0 Å². The van der Waals surface area contributed by atoms with Crippen LogP contribution >= 0.6 is 34.8 Å². The smallest absolute Gasteiger partial charge is 0.316 e. The summed E-state index contributed by atoms with van der Waals surface area (Å²) < 4.78 is 0. The van der Waals surface area contributed by atoms with Gasteiger partial charge in [0.05, 0.1) is 0 Å². The zero-order valence-electron chi connectivity index (χ0n) is 21.4. The van der Waals surface area contributed by atoms with Crippen molar-refractivity contribution in [3.05, 3.63) is 69.7 Å². The van der Waals surface area contributed by atoms with Gasteiger partial charge in [0, 0.05) is 61.3 Å². The van der Waals surface area contributed by atoms with E-state index in [1.165, 1.54) is 50.1 Å². The van der Waals surface area contributed by atoms with E-state index in [1.54, 1.807) is 4.90 Å². The maximum absolute atomic E-state index is 11.3. The van der Waals surface area contributed by atoms with E-state index in [-0.39, 0.29) is 10.8 Å². The lowest BCUT2D eigenvalue weighted by atomic mass is 9.86. The molecule has 5 nitrogen and oxygen atoms in total. The van der Waals surface area contributed by atoms with E-state index in [9.17, 15) is 4.79 Å². The Morgan fingerprint density at radius 3 is 1.73 bits per heavy atom. The van der Waals surface area contributed by atoms with E-state index in [0.717, 1.165) is 62.2 Å². The van der Waals surface area contributed by atoms with Crippen molar-refractivity contribution in [1.82, 2.24) is 20.0 Å². The molecule has 2 aromatic rings. The van der Waals surface area contributed by atoms with Gasteiger partial charge in [-0.2, -0.15) is 0 Å². The van der Waals surface area contributed by atoms with Crippen LogP contribution in [0.25, 0.3) is 0 Å². The molecule has 0 aromatic heterocycles. The average Bonchev–Trinajstić information content (AvgIpc) is 3.68. The third kappa shape index (κ3) is 7.00. The standard InChI is InChI=1S/C15H18Cl2N2O.C14H19ClN2/c16-13-3-1-12(2-4-13)9-18-7-5-15(10-18)6-8-19(11-15)14(17)20;15-13-3-1-12(2-4-13)9-17-8-6-14(11-17)5-7-16-10-14/h1-4H,5-11H2;1-4,16H,5-11H2. The number of rotatable bonds is 4. The number of hydrogen-bond donors (Lipinski definition) is 1. The fourth-order valence-electron chi connectivity index (χ4n) is 6.58. The molecule has 0 saturated carbocycles. The van der Waals surface area contributed by atoms with E-state index in [1.807, 2.05) is 24.3 Å². The van der Waals surface area contributed by atoms with Gasteiger partial charge in [0.25, 0.3) is 0 Å². The van der Waals surface area contributed by atoms with Crippen LogP contribution in [0, 0.1) is 10.8 Å². The highest BCUT2D eigenvalue weighted by Crippen LogP contribution is 2.40. The van der Waals surface area contributed by atoms with Crippen LogP contribution in [-0.4, -0.2) is 72.4 Å². The molecule has 2 unspecified atom stereocenters. The lowest BCUT2D eigenvalue weighted by molar-refractivity contribution is 0.218. The van der Waals surface area contributed by atoms with E-state index in [0.29, 0.717) is 5.41 Å². The Labute approximate surface area is 236 Å². The van der Waals surface area contributed by atoms with Crippen LogP contribution in [-0.2, 0) is 13.1 Å². The molecule has 6 rings (SSSR count). The zero-order chi connectivity index (χ0) is 25.9. The second-order valence-corrected chi connectivity index (χ2v) is 12.7. The number of amides is 1. The van der Waals surface area contributed by atoms with Crippen molar-refractivity contribution in [1.29, 1.82) is 0 Å². The maximum Gasteiger partial charge on any atom is 0.316 e. The summed E-state index contributed by atoms with van der Waals surface area (Å²) in [7, 11) is 0. The first-order valence-electron chi connectivity index (χ1n) is 13.4. The normalized spacial score (nSPS) is 27.8. The average molecular weight is 564 g/mol. The maximum atomic E-state index is 11.3. The first-order chi connectivity index (χ1) is 17.8. The van der Waals surface area contributed by atoms with Crippen LogP contribution in [0.2, 0.25) is 10.0 Å². The zero-order valence-corrected chi connectivity index (χ0v) is 23.7. The van der Waals surface area contributed by atoms with Crippen LogP contribution < -0.4 is 5.32 Å². The number of hydrogen-bond acceptors (Lipinski definition) is 4. The van der Waals surface area contributed by atoms with E-state index >= 15 is 0 Å². The summed E-state index contributed by atoms with van der Waals surface area (Å²) in [5.41, 5.74) is 3.50. The summed E-state index contributed by atoms with van der Waals surface area (Å²) in [5.74, 6) is 0. The summed E-state index contributed by atoms with van der Waals surface area (Å²) >= 11 is 17.4. The Bertz CT molecular complexity index is 1060. The molecule has 1 amide bonds. The number of nitrogens with one attached hydrogen (secondary N) is 1. The predicted molar refractivity (Wildman–Crippen MR) is 152 cm³/mol. The molecule has 4 aliphatic heterocycles. The molecule has 1 N–H and O–H groups in total. The number of carbonyl (C=O) groups excluding carboxylic acids is 1. The van der Waals surface area contributed by atoms with Crippen molar-refractivity contribution in [2.45, 2.75) is 38.8 Å². The van der Waals surface area contributed by atoms with Gasteiger partial charge < -0.3 is 10.2 Å². The van der Waals surface area contributed by atoms with Crippen molar-refractivity contribution in [2.75, 3.05) is 52.4 Å². The van der Waals surface area contributed by atoms with Crippen LogP contribution in [0.3, 0.4) is 0 Å². The molecule has 0 aliphatic carbocycles. The lowest BCUT2D eigenvalue weighted by Crippen LogP contribution is -2.31. The first-order valence-corrected chi connectivity index (χ1v) is 14.5. The van der Waals surface area contributed by atoms with Crippen molar-refractivity contribution >= 4 is 40.2 Å². The highest BCUT2D eigenvalue weighted by atomic mass is 35.5. The quantitative estimate of drug-likeness (QED) is 0.359. The largest absolute Gasteiger partial charge is 0.329 e. The molecule has 4 heterocycles. The van der Waals surface area contributed by atoms with Crippen molar-refractivity contribution in [3.8, 4) is 0 Å². The highest BCUT2D eigenvalue weighted by Gasteiger charge is 2.44. The molecule has 2 spiro atoms. The Morgan fingerprint density at radius 2 is 1.24 bits per heavy atom. The SMILES string of the molecule is Clc1ccc(CN2CCC3(CCNC3)C2)cc1.O=C(Cl)N1CCC2(CCN(Cc3ccc(Cl)cc3)C2)C1. The Kier molecular flexibility index (Phi) is 8.69. The van der Waals surface area contributed by atoms with Crippen molar-refractivity contribution < 1.29 is 4.79 Å². The molecule has 4 saturated heterocycles. The third-order valence-electron chi connectivity index (χ3n) is 8.69. The van der Waals surface area contributed by atoms with Crippen LogP contribution in [0.4, 0.5) is 4.79 Å². The van der Waals surface area contributed by atoms with Gasteiger partial charge in [0.1, 0.15) is 0 Å². The number of benzene rings is 2. The Balaban J connectivity index is 0.000000153.